The number of ether oxygens (including phenoxy) is 3. The van der Waals surface area contributed by atoms with Crippen LogP contribution in [0.3, 0.4) is 0 Å². The van der Waals surface area contributed by atoms with Gasteiger partial charge in [0.1, 0.15) is 5.75 Å². The zero-order chi connectivity index (χ0) is 19.8. The quantitative estimate of drug-likeness (QED) is 0.511. The lowest BCUT2D eigenvalue weighted by molar-refractivity contribution is -0.0512. The molecule has 2 aromatic carbocycles. The van der Waals surface area contributed by atoms with Crippen molar-refractivity contribution in [3.05, 3.63) is 48.0 Å². The first kappa shape index (κ1) is 20.2. The van der Waals surface area contributed by atoms with E-state index in [0.717, 1.165) is 0 Å². The molecule has 0 aliphatic carbocycles. The maximum absolute atomic E-state index is 12.3. The van der Waals surface area contributed by atoms with E-state index < -0.39 is 12.5 Å². The van der Waals surface area contributed by atoms with Gasteiger partial charge in [-0.15, -0.1) is 0 Å². The van der Waals surface area contributed by atoms with Gasteiger partial charge in [0.15, 0.2) is 16.6 Å². The van der Waals surface area contributed by atoms with Crippen molar-refractivity contribution in [2.75, 3.05) is 19.5 Å². The highest BCUT2D eigenvalue weighted by molar-refractivity contribution is 7.80. The number of thiocarbonyl (C=S) groups is 1. The summed E-state index contributed by atoms with van der Waals surface area (Å²) >= 11 is 5.09. The molecule has 2 rings (SSSR count). The molecule has 0 spiro atoms. The maximum Gasteiger partial charge on any atom is 0.387 e. The van der Waals surface area contributed by atoms with Crippen molar-refractivity contribution >= 4 is 28.9 Å². The van der Waals surface area contributed by atoms with Gasteiger partial charge in [0.05, 0.1) is 14.2 Å². The standard InChI is InChI=1S/C17H17F2N3O4S/c1-24-12-5-3-4-11(9-12)20-17(27)22-21-15(23)10-6-7-13(26-16(18)19)14(8-10)25-2/h3-9,16H,1-2H3,(H,21,23)(H2,20,22,27). The number of nitrogens with one attached hydrogen (secondary N) is 3. The molecule has 0 heterocycles. The monoisotopic (exact) mass is 397 g/mol. The number of hydrazine groups is 1. The fourth-order valence-electron chi connectivity index (χ4n) is 2.05. The minimum absolute atomic E-state index is 0.0000297. The van der Waals surface area contributed by atoms with Crippen LogP contribution in [0.25, 0.3) is 0 Å². The number of carbonyl (C=O) groups is 1. The Labute approximate surface area is 159 Å². The van der Waals surface area contributed by atoms with Crippen LogP contribution in [0.4, 0.5) is 14.5 Å². The molecule has 0 aliphatic rings. The van der Waals surface area contributed by atoms with Gasteiger partial charge >= 0.3 is 6.61 Å². The molecule has 0 unspecified atom stereocenters. The van der Waals surface area contributed by atoms with E-state index in [1.54, 1.807) is 31.4 Å². The molecular formula is C17H17F2N3O4S. The normalized spacial score (nSPS) is 10.1. The van der Waals surface area contributed by atoms with E-state index >= 15 is 0 Å². The second-order valence-corrected chi connectivity index (χ2v) is 5.42. The zero-order valence-electron chi connectivity index (χ0n) is 14.4. The van der Waals surface area contributed by atoms with Crippen LogP contribution >= 0.6 is 12.2 Å². The number of methoxy groups -OCH3 is 2. The Bertz CT molecular complexity index is 821. The molecule has 27 heavy (non-hydrogen) atoms. The highest BCUT2D eigenvalue weighted by atomic mass is 32.1. The first-order chi connectivity index (χ1) is 12.9. The molecule has 0 atom stereocenters. The second-order valence-electron chi connectivity index (χ2n) is 5.01. The van der Waals surface area contributed by atoms with Crippen LogP contribution in [0.1, 0.15) is 10.4 Å². The molecule has 2 aromatic rings. The van der Waals surface area contributed by atoms with E-state index in [9.17, 15) is 13.6 Å². The molecule has 0 radical (unpaired) electrons. The molecule has 1 amide bonds. The minimum Gasteiger partial charge on any atom is -0.497 e. The van der Waals surface area contributed by atoms with Gasteiger partial charge in [-0.05, 0) is 42.5 Å². The molecule has 0 fully saturated rings. The number of rotatable bonds is 6. The Balaban J connectivity index is 1.95. The lowest BCUT2D eigenvalue weighted by Crippen LogP contribution is -2.43. The summed E-state index contributed by atoms with van der Waals surface area (Å²) in [5.41, 5.74) is 5.75. The van der Waals surface area contributed by atoms with Gasteiger partial charge < -0.3 is 19.5 Å². The number of hydrogen-bond donors (Lipinski definition) is 3. The van der Waals surface area contributed by atoms with Crippen molar-refractivity contribution in [3.63, 3.8) is 0 Å². The number of amides is 1. The van der Waals surface area contributed by atoms with E-state index in [1.165, 1.54) is 25.3 Å². The predicted molar refractivity (Wildman–Crippen MR) is 99.4 cm³/mol. The van der Waals surface area contributed by atoms with Crippen LogP contribution < -0.4 is 30.4 Å². The molecule has 0 saturated heterocycles. The summed E-state index contributed by atoms with van der Waals surface area (Å²) in [6, 6.07) is 10.8. The van der Waals surface area contributed by atoms with E-state index in [-0.39, 0.29) is 22.2 Å². The van der Waals surface area contributed by atoms with Crippen molar-refractivity contribution in [3.8, 4) is 17.2 Å². The van der Waals surface area contributed by atoms with Crippen molar-refractivity contribution in [1.82, 2.24) is 10.9 Å². The first-order valence-corrected chi connectivity index (χ1v) is 7.98. The largest absolute Gasteiger partial charge is 0.497 e. The Kier molecular flexibility index (Phi) is 7.12. The highest BCUT2D eigenvalue weighted by Gasteiger charge is 2.14. The third kappa shape index (κ3) is 5.96. The molecule has 3 N–H and O–H groups in total. The van der Waals surface area contributed by atoms with Gasteiger partial charge in [0.2, 0.25) is 0 Å². The highest BCUT2D eigenvalue weighted by Crippen LogP contribution is 2.29. The van der Waals surface area contributed by atoms with Crippen molar-refractivity contribution in [2.45, 2.75) is 6.61 Å². The number of alkyl halides is 2. The van der Waals surface area contributed by atoms with E-state index in [4.69, 9.17) is 21.7 Å². The average molecular weight is 397 g/mol. The molecule has 7 nitrogen and oxygen atoms in total. The summed E-state index contributed by atoms with van der Waals surface area (Å²) in [7, 11) is 2.82. The van der Waals surface area contributed by atoms with Crippen LogP contribution in [0.15, 0.2) is 42.5 Å². The van der Waals surface area contributed by atoms with Crippen molar-refractivity contribution < 1.29 is 27.8 Å². The van der Waals surface area contributed by atoms with Gasteiger partial charge in [0.25, 0.3) is 5.91 Å². The number of anilines is 1. The molecule has 0 saturated carbocycles. The summed E-state index contributed by atoms with van der Waals surface area (Å²) in [5.74, 6) is -0.0796. The zero-order valence-corrected chi connectivity index (χ0v) is 15.2. The fourth-order valence-corrected chi connectivity index (χ4v) is 2.22. The van der Waals surface area contributed by atoms with Crippen LogP contribution in [0, 0.1) is 0 Å². The van der Waals surface area contributed by atoms with Gasteiger partial charge in [-0.1, -0.05) is 6.07 Å². The van der Waals surface area contributed by atoms with Crippen LogP contribution in [0.2, 0.25) is 0 Å². The van der Waals surface area contributed by atoms with Crippen LogP contribution in [-0.2, 0) is 0 Å². The number of benzene rings is 2. The van der Waals surface area contributed by atoms with E-state index in [2.05, 4.69) is 20.9 Å². The SMILES string of the molecule is COc1cccc(NC(=S)NNC(=O)c2ccc(OC(F)F)c(OC)c2)c1. The third-order valence-corrected chi connectivity index (χ3v) is 3.46. The smallest absolute Gasteiger partial charge is 0.387 e. The Morgan fingerprint density at radius 1 is 1.04 bits per heavy atom. The molecule has 0 aromatic heterocycles. The molecular weight excluding hydrogens is 380 g/mol. The van der Waals surface area contributed by atoms with E-state index in [1.807, 2.05) is 0 Å². The molecule has 10 heteroatoms. The number of halogens is 2. The molecule has 144 valence electrons. The molecule has 0 aliphatic heterocycles. The lowest BCUT2D eigenvalue weighted by atomic mass is 10.2. The van der Waals surface area contributed by atoms with Gasteiger partial charge in [-0.3, -0.25) is 15.6 Å². The van der Waals surface area contributed by atoms with E-state index in [0.29, 0.717) is 11.4 Å². The predicted octanol–water partition coefficient (Wildman–Crippen LogP) is 2.94. The lowest BCUT2D eigenvalue weighted by Gasteiger charge is -2.14. The van der Waals surface area contributed by atoms with Crippen molar-refractivity contribution in [2.24, 2.45) is 0 Å². The summed E-state index contributed by atoms with van der Waals surface area (Å²) in [4.78, 5) is 12.2. The third-order valence-electron chi connectivity index (χ3n) is 3.26. The molecule has 0 bridgehead atoms. The first-order valence-electron chi connectivity index (χ1n) is 7.57. The Morgan fingerprint density at radius 3 is 2.48 bits per heavy atom. The van der Waals surface area contributed by atoms with Crippen molar-refractivity contribution in [1.29, 1.82) is 0 Å². The Hall–Kier alpha value is -3.14. The average Bonchev–Trinajstić information content (AvgIpc) is 2.66. The van der Waals surface area contributed by atoms with Gasteiger partial charge in [0, 0.05) is 17.3 Å². The second kappa shape index (κ2) is 9.53. The van der Waals surface area contributed by atoms with Crippen LogP contribution in [0.5, 0.6) is 17.2 Å². The maximum atomic E-state index is 12.3. The summed E-state index contributed by atoms with van der Waals surface area (Å²) in [5, 5.41) is 3.01. The number of carbonyl (C=O) groups excluding carboxylic acids is 1. The van der Waals surface area contributed by atoms with Gasteiger partial charge in [-0.2, -0.15) is 8.78 Å². The topological polar surface area (TPSA) is 80.9 Å². The summed E-state index contributed by atoms with van der Waals surface area (Å²) in [6.07, 6.45) is 0. The fraction of sp³-hybridized carbons (Fsp3) is 0.176. The Morgan fingerprint density at radius 2 is 1.81 bits per heavy atom. The summed E-state index contributed by atoms with van der Waals surface area (Å²) < 4.78 is 39.0. The minimum atomic E-state index is -3.00. The van der Waals surface area contributed by atoms with Crippen LogP contribution in [-0.4, -0.2) is 31.9 Å². The van der Waals surface area contributed by atoms with Gasteiger partial charge in [-0.25, -0.2) is 0 Å². The number of hydrogen-bond acceptors (Lipinski definition) is 5. The summed E-state index contributed by atoms with van der Waals surface area (Å²) in [6.45, 7) is -3.00.